The smallest absolute Gasteiger partial charge is 0.311 e. The number of rotatable bonds is 3. The molecule has 0 bridgehead atoms. The summed E-state index contributed by atoms with van der Waals surface area (Å²) in [6.07, 6.45) is 1.52. The van der Waals surface area contributed by atoms with Gasteiger partial charge in [-0.15, -0.1) is 0 Å². The topological polar surface area (TPSA) is 33.9 Å². The summed E-state index contributed by atoms with van der Waals surface area (Å²) >= 11 is 0. The molecule has 0 unspecified atom stereocenters. The zero-order valence-corrected chi connectivity index (χ0v) is 12.1. The highest BCUT2D eigenvalue weighted by atomic mass is 16.5. The van der Waals surface area contributed by atoms with Gasteiger partial charge in [-0.1, -0.05) is 18.2 Å². The molecule has 0 saturated carbocycles. The first kappa shape index (κ1) is 14.4. The van der Waals surface area contributed by atoms with Gasteiger partial charge in [0.05, 0.1) is 18.6 Å². The van der Waals surface area contributed by atoms with Crippen LogP contribution in [-0.4, -0.2) is 25.7 Å². The van der Waals surface area contributed by atoms with E-state index in [1.807, 2.05) is 38.1 Å². The Morgan fingerprint density at radius 3 is 2.65 bits per heavy atom. The Morgan fingerprint density at radius 1 is 1.40 bits per heavy atom. The molecule has 0 aliphatic carbocycles. The Balaban J connectivity index is 2.08. The number of piperidine rings is 1. The standard InChI is InChI=1S/C16H20N2O2/c1-4-20-15(19)16(2)9-11-18(12-10-16)14-8-6-5-7-13(14)17-3/h5-8H,4,9-12H2,1-2H3. The molecular weight excluding hydrogens is 252 g/mol. The lowest BCUT2D eigenvalue weighted by molar-refractivity contribution is -0.155. The van der Waals surface area contributed by atoms with Crippen molar-refractivity contribution < 1.29 is 9.53 Å². The second kappa shape index (κ2) is 5.96. The van der Waals surface area contributed by atoms with Crippen molar-refractivity contribution in [2.75, 3.05) is 24.6 Å². The lowest BCUT2D eigenvalue weighted by atomic mass is 9.80. The van der Waals surface area contributed by atoms with Crippen LogP contribution in [0.5, 0.6) is 0 Å². The van der Waals surface area contributed by atoms with Crippen LogP contribution in [0.3, 0.4) is 0 Å². The molecule has 1 aromatic carbocycles. The summed E-state index contributed by atoms with van der Waals surface area (Å²) in [7, 11) is 0. The number of para-hydroxylation sites is 2. The molecule has 4 heteroatoms. The van der Waals surface area contributed by atoms with Gasteiger partial charge in [0.25, 0.3) is 0 Å². The van der Waals surface area contributed by atoms with Crippen molar-refractivity contribution in [3.05, 3.63) is 35.7 Å². The van der Waals surface area contributed by atoms with Crippen molar-refractivity contribution in [3.8, 4) is 0 Å². The second-order valence-electron chi connectivity index (χ2n) is 5.37. The van der Waals surface area contributed by atoms with Crippen LogP contribution >= 0.6 is 0 Å². The maximum atomic E-state index is 12.0. The van der Waals surface area contributed by atoms with Crippen LogP contribution < -0.4 is 4.90 Å². The lowest BCUT2D eigenvalue weighted by Gasteiger charge is -2.39. The van der Waals surface area contributed by atoms with Crippen molar-refractivity contribution in [1.82, 2.24) is 0 Å². The van der Waals surface area contributed by atoms with Gasteiger partial charge in [0.15, 0.2) is 0 Å². The van der Waals surface area contributed by atoms with Crippen LogP contribution in [0.1, 0.15) is 26.7 Å². The second-order valence-corrected chi connectivity index (χ2v) is 5.37. The maximum absolute atomic E-state index is 12.0. The molecule has 0 amide bonds. The predicted octanol–water partition coefficient (Wildman–Crippen LogP) is 3.41. The van der Waals surface area contributed by atoms with E-state index in [-0.39, 0.29) is 11.4 Å². The Labute approximate surface area is 120 Å². The average Bonchev–Trinajstić information content (AvgIpc) is 2.48. The fourth-order valence-electron chi connectivity index (χ4n) is 2.58. The Morgan fingerprint density at radius 2 is 2.05 bits per heavy atom. The summed E-state index contributed by atoms with van der Waals surface area (Å²) in [4.78, 5) is 17.7. The summed E-state index contributed by atoms with van der Waals surface area (Å²) in [6.45, 7) is 13.0. The molecule has 1 aliphatic rings. The van der Waals surface area contributed by atoms with E-state index in [0.29, 0.717) is 12.3 Å². The first-order chi connectivity index (χ1) is 9.60. The van der Waals surface area contributed by atoms with E-state index in [0.717, 1.165) is 31.6 Å². The quantitative estimate of drug-likeness (QED) is 0.624. The van der Waals surface area contributed by atoms with Crippen molar-refractivity contribution >= 4 is 17.3 Å². The molecule has 1 aliphatic heterocycles. The minimum absolute atomic E-state index is 0.0990. The van der Waals surface area contributed by atoms with Gasteiger partial charge in [-0.05, 0) is 32.8 Å². The van der Waals surface area contributed by atoms with Crippen LogP contribution in [0.2, 0.25) is 0 Å². The highest BCUT2D eigenvalue weighted by molar-refractivity contribution is 5.77. The number of nitrogens with zero attached hydrogens (tertiary/aromatic N) is 2. The van der Waals surface area contributed by atoms with E-state index < -0.39 is 0 Å². The molecule has 0 atom stereocenters. The molecule has 0 N–H and O–H groups in total. The number of carbonyl (C=O) groups is 1. The van der Waals surface area contributed by atoms with E-state index in [2.05, 4.69) is 9.74 Å². The number of hydrogen-bond donors (Lipinski definition) is 0. The largest absolute Gasteiger partial charge is 0.466 e. The minimum atomic E-state index is -0.389. The third-order valence-electron chi connectivity index (χ3n) is 3.98. The van der Waals surface area contributed by atoms with Crippen molar-refractivity contribution in [1.29, 1.82) is 0 Å². The SMILES string of the molecule is [C-]#[N+]c1ccccc1N1CCC(C)(C(=O)OCC)CC1. The first-order valence-electron chi connectivity index (χ1n) is 6.99. The Hall–Kier alpha value is -2.02. The Kier molecular flexibility index (Phi) is 4.29. The summed E-state index contributed by atoms with van der Waals surface area (Å²) < 4.78 is 5.16. The van der Waals surface area contributed by atoms with Crippen LogP contribution in [0.15, 0.2) is 24.3 Å². The Bertz CT molecular complexity index is 526. The number of carbonyl (C=O) groups excluding carboxylic acids is 1. The van der Waals surface area contributed by atoms with Crippen molar-refractivity contribution in [3.63, 3.8) is 0 Å². The summed E-state index contributed by atoms with van der Waals surface area (Å²) in [5, 5.41) is 0. The van der Waals surface area contributed by atoms with E-state index in [1.165, 1.54) is 0 Å². The van der Waals surface area contributed by atoms with Crippen LogP contribution in [0.25, 0.3) is 4.85 Å². The van der Waals surface area contributed by atoms with E-state index in [1.54, 1.807) is 0 Å². The predicted molar refractivity (Wildman–Crippen MR) is 78.9 cm³/mol. The number of esters is 1. The normalized spacial score (nSPS) is 17.4. The van der Waals surface area contributed by atoms with E-state index in [4.69, 9.17) is 11.3 Å². The molecule has 0 radical (unpaired) electrons. The molecule has 106 valence electrons. The fraction of sp³-hybridized carbons (Fsp3) is 0.500. The monoisotopic (exact) mass is 272 g/mol. The maximum Gasteiger partial charge on any atom is 0.311 e. The van der Waals surface area contributed by atoms with Crippen LogP contribution in [0, 0.1) is 12.0 Å². The highest BCUT2D eigenvalue weighted by Crippen LogP contribution is 2.37. The van der Waals surface area contributed by atoms with Gasteiger partial charge in [0.1, 0.15) is 0 Å². The molecule has 1 aromatic rings. The molecule has 0 aromatic heterocycles. The zero-order chi connectivity index (χ0) is 14.6. The number of benzene rings is 1. The van der Waals surface area contributed by atoms with Gasteiger partial charge in [0.2, 0.25) is 5.69 Å². The summed E-state index contributed by atoms with van der Waals surface area (Å²) in [6, 6.07) is 7.63. The van der Waals surface area contributed by atoms with Gasteiger partial charge >= 0.3 is 5.97 Å². The molecule has 4 nitrogen and oxygen atoms in total. The minimum Gasteiger partial charge on any atom is -0.466 e. The van der Waals surface area contributed by atoms with E-state index in [9.17, 15) is 4.79 Å². The summed E-state index contributed by atoms with van der Waals surface area (Å²) in [5.41, 5.74) is 1.25. The van der Waals surface area contributed by atoms with Gasteiger partial charge in [-0.2, -0.15) is 0 Å². The van der Waals surface area contributed by atoms with Crippen molar-refractivity contribution in [2.45, 2.75) is 26.7 Å². The molecule has 20 heavy (non-hydrogen) atoms. The molecule has 2 rings (SSSR count). The van der Waals surface area contributed by atoms with Gasteiger partial charge in [0, 0.05) is 18.8 Å². The third kappa shape index (κ3) is 2.77. The van der Waals surface area contributed by atoms with Gasteiger partial charge in [-0.3, -0.25) is 4.79 Å². The number of ether oxygens (including phenoxy) is 1. The van der Waals surface area contributed by atoms with E-state index >= 15 is 0 Å². The number of anilines is 1. The molecule has 1 heterocycles. The average molecular weight is 272 g/mol. The van der Waals surface area contributed by atoms with Crippen molar-refractivity contribution in [2.24, 2.45) is 5.41 Å². The van der Waals surface area contributed by atoms with Gasteiger partial charge in [-0.25, -0.2) is 4.85 Å². The van der Waals surface area contributed by atoms with Gasteiger partial charge < -0.3 is 9.64 Å². The molecular formula is C16H20N2O2. The first-order valence-corrected chi connectivity index (χ1v) is 6.99. The van der Waals surface area contributed by atoms with Crippen LogP contribution in [-0.2, 0) is 9.53 Å². The fourth-order valence-corrected chi connectivity index (χ4v) is 2.58. The van der Waals surface area contributed by atoms with Crippen LogP contribution in [0.4, 0.5) is 11.4 Å². The highest BCUT2D eigenvalue weighted by Gasteiger charge is 2.38. The molecule has 0 spiro atoms. The number of hydrogen-bond acceptors (Lipinski definition) is 3. The summed E-state index contributed by atoms with van der Waals surface area (Å²) in [5.74, 6) is -0.0990. The molecule has 1 saturated heterocycles. The molecule has 1 fully saturated rings. The lowest BCUT2D eigenvalue weighted by Crippen LogP contribution is -2.43. The zero-order valence-electron chi connectivity index (χ0n) is 12.1. The third-order valence-corrected chi connectivity index (χ3v) is 3.98.